The molecular formula is C11H15BrN2O. The normalized spacial score (nSPS) is 21.8. The van der Waals surface area contributed by atoms with Gasteiger partial charge >= 0.3 is 0 Å². The lowest BCUT2D eigenvalue weighted by Crippen LogP contribution is -2.38. The van der Waals surface area contributed by atoms with E-state index in [0.717, 1.165) is 35.4 Å². The molecule has 15 heavy (non-hydrogen) atoms. The summed E-state index contributed by atoms with van der Waals surface area (Å²) in [5.74, 6) is 0.950. The largest absolute Gasteiger partial charge is 0.391 e. The number of nitrogens with zero attached hydrogens (tertiary/aromatic N) is 2. The molecule has 82 valence electrons. The smallest absolute Gasteiger partial charge is 0.129 e. The van der Waals surface area contributed by atoms with Gasteiger partial charge in [-0.05, 0) is 47.3 Å². The number of piperidine rings is 1. The van der Waals surface area contributed by atoms with Gasteiger partial charge in [0.25, 0.3) is 0 Å². The van der Waals surface area contributed by atoms with Gasteiger partial charge in [-0.25, -0.2) is 4.98 Å². The quantitative estimate of drug-likeness (QED) is 0.795. The van der Waals surface area contributed by atoms with Crippen molar-refractivity contribution in [2.45, 2.75) is 25.9 Å². The van der Waals surface area contributed by atoms with Crippen LogP contribution in [0.4, 0.5) is 5.82 Å². The van der Waals surface area contributed by atoms with Gasteiger partial charge in [0.05, 0.1) is 6.10 Å². The van der Waals surface area contributed by atoms with Crippen molar-refractivity contribution in [3.63, 3.8) is 0 Å². The number of anilines is 1. The second-order valence-corrected chi connectivity index (χ2v) is 4.77. The third-order valence-electron chi connectivity index (χ3n) is 2.74. The van der Waals surface area contributed by atoms with E-state index in [1.807, 2.05) is 19.1 Å². The van der Waals surface area contributed by atoms with Crippen molar-refractivity contribution in [1.82, 2.24) is 4.98 Å². The third kappa shape index (κ3) is 2.49. The molecule has 1 N–H and O–H groups in total. The topological polar surface area (TPSA) is 36.4 Å². The lowest BCUT2D eigenvalue weighted by Gasteiger charge is -2.31. The predicted molar refractivity (Wildman–Crippen MR) is 64.1 cm³/mol. The standard InChI is InChI=1S/C11H15BrN2O/c1-8-4-5-10(13-11(8)12)14-6-2-3-9(15)7-14/h4-5,9,15H,2-3,6-7H2,1H3. The molecule has 1 fully saturated rings. The van der Waals surface area contributed by atoms with Crippen LogP contribution in [-0.2, 0) is 0 Å². The van der Waals surface area contributed by atoms with E-state index in [2.05, 4.69) is 25.8 Å². The van der Waals surface area contributed by atoms with Crippen molar-refractivity contribution in [3.8, 4) is 0 Å². The second kappa shape index (κ2) is 4.49. The average molecular weight is 271 g/mol. The summed E-state index contributed by atoms with van der Waals surface area (Å²) in [5, 5.41) is 9.58. The molecular weight excluding hydrogens is 256 g/mol. The van der Waals surface area contributed by atoms with E-state index in [0.29, 0.717) is 6.54 Å². The fraction of sp³-hybridized carbons (Fsp3) is 0.545. The average Bonchev–Trinajstić information content (AvgIpc) is 2.22. The molecule has 1 aromatic heterocycles. The van der Waals surface area contributed by atoms with E-state index in [9.17, 15) is 5.11 Å². The van der Waals surface area contributed by atoms with E-state index in [-0.39, 0.29) is 6.10 Å². The Labute approximate surface area is 98.3 Å². The van der Waals surface area contributed by atoms with E-state index < -0.39 is 0 Å². The van der Waals surface area contributed by atoms with Gasteiger partial charge in [0.15, 0.2) is 0 Å². The van der Waals surface area contributed by atoms with Crippen molar-refractivity contribution in [3.05, 3.63) is 22.3 Å². The maximum Gasteiger partial charge on any atom is 0.129 e. The Bertz CT molecular complexity index is 356. The predicted octanol–water partition coefficient (Wildman–Crippen LogP) is 2.11. The van der Waals surface area contributed by atoms with Gasteiger partial charge in [-0.3, -0.25) is 0 Å². The van der Waals surface area contributed by atoms with Crippen LogP contribution in [0.15, 0.2) is 16.7 Å². The minimum absolute atomic E-state index is 0.208. The Morgan fingerprint density at radius 3 is 3.00 bits per heavy atom. The fourth-order valence-electron chi connectivity index (χ4n) is 1.83. The van der Waals surface area contributed by atoms with Crippen molar-refractivity contribution in [2.75, 3.05) is 18.0 Å². The molecule has 0 amide bonds. The Kier molecular flexibility index (Phi) is 3.26. The van der Waals surface area contributed by atoms with Crippen molar-refractivity contribution in [2.24, 2.45) is 0 Å². The van der Waals surface area contributed by atoms with Crippen LogP contribution >= 0.6 is 15.9 Å². The number of aliphatic hydroxyl groups is 1. The summed E-state index contributed by atoms with van der Waals surface area (Å²) in [6.45, 7) is 3.70. The molecule has 4 heteroatoms. The SMILES string of the molecule is Cc1ccc(N2CCCC(O)C2)nc1Br. The zero-order chi connectivity index (χ0) is 10.8. The molecule has 0 bridgehead atoms. The maximum atomic E-state index is 9.58. The Morgan fingerprint density at radius 2 is 2.33 bits per heavy atom. The highest BCUT2D eigenvalue weighted by Crippen LogP contribution is 2.22. The molecule has 3 nitrogen and oxygen atoms in total. The van der Waals surface area contributed by atoms with Gasteiger partial charge in [0.2, 0.25) is 0 Å². The van der Waals surface area contributed by atoms with E-state index in [4.69, 9.17) is 0 Å². The van der Waals surface area contributed by atoms with Gasteiger partial charge in [0.1, 0.15) is 10.4 Å². The molecule has 1 aliphatic rings. The summed E-state index contributed by atoms with van der Waals surface area (Å²) in [5.41, 5.74) is 1.14. The Balaban J connectivity index is 2.18. The Hall–Kier alpha value is -0.610. The first-order chi connectivity index (χ1) is 7.16. The van der Waals surface area contributed by atoms with Gasteiger partial charge in [-0.2, -0.15) is 0 Å². The van der Waals surface area contributed by atoms with Crippen molar-refractivity contribution < 1.29 is 5.11 Å². The highest BCUT2D eigenvalue weighted by molar-refractivity contribution is 9.10. The molecule has 0 spiro atoms. The summed E-state index contributed by atoms with van der Waals surface area (Å²) >= 11 is 3.43. The number of aromatic nitrogens is 1. The number of β-amino-alcohol motifs (C(OH)–C–C–N with tert-alkyl or cyclic N) is 1. The molecule has 1 atom stereocenters. The zero-order valence-corrected chi connectivity index (χ0v) is 10.4. The van der Waals surface area contributed by atoms with Gasteiger partial charge in [-0.15, -0.1) is 0 Å². The third-order valence-corrected chi connectivity index (χ3v) is 3.54. The van der Waals surface area contributed by atoms with Crippen LogP contribution in [-0.4, -0.2) is 29.3 Å². The summed E-state index contributed by atoms with van der Waals surface area (Å²) in [4.78, 5) is 6.60. The van der Waals surface area contributed by atoms with E-state index in [1.165, 1.54) is 0 Å². The van der Waals surface area contributed by atoms with Gasteiger partial charge in [-0.1, -0.05) is 6.07 Å². The number of pyridine rings is 1. The molecule has 1 saturated heterocycles. The second-order valence-electron chi connectivity index (χ2n) is 4.02. The van der Waals surface area contributed by atoms with Crippen LogP contribution in [0, 0.1) is 6.92 Å². The molecule has 1 unspecified atom stereocenters. The van der Waals surface area contributed by atoms with Crippen molar-refractivity contribution in [1.29, 1.82) is 0 Å². The number of rotatable bonds is 1. The summed E-state index contributed by atoms with van der Waals surface area (Å²) in [7, 11) is 0. The fourth-order valence-corrected chi connectivity index (χ4v) is 2.15. The first kappa shape index (κ1) is 10.9. The highest BCUT2D eigenvalue weighted by Gasteiger charge is 2.18. The molecule has 0 radical (unpaired) electrons. The number of halogens is 1. The lowest BCUT2D eigenvalue weighted by atomic mass is 10.1. The van der Waals surface area contributed by atoms with Crippen molar-refractivity contribution >= 4 is 21.7 Å². The summed E-state index contributed by atoms with van der Waals surface area (Å²) in [6.07, 6.45) is 1.73. The molecule has 1 aromatic rings. The first-order valence-corrected chi connectivity index (χ1v) is 6.02. The molecule has 0 aliphatic carbocycles. The minimum atomic E-state index is -0.208. The van der Waals surface area contributed by atoms with Crippen LogP contribution in [0.3, 0.4) is 0 Å². The van der Waals surface area contributed by atoms with Crippen LogP contribution < -0.4 is 4.90 Å². The Morgan fingerprint density at radius 1 is 1.53 bits per heavy atom. The summed E-state index contributed by atoms with van der Waals surface area (Å²) in [6, 6.07) is 4.06. The van der Waals surface area contributed by atoms with E-state index >= 15 is 0 Å². The molecule has 0 saturated carbocycles. The number of aryl methyl sites for hydroxylation is 1. The molecule has 2 heterocycles. The molecule has 2 rings (SSSR count). The van der Waals surface area contributed by atoms with Gasteiger partial charge < -0.3 is 10.0 Å². The number of hydrogen-bond donors (Lipinski definition) is 1. The maximum absolute atomic E-state index is 9.58. The van der Waals surface area contributed by atoms with E-state index in [1.54, 1.807) is 0 Å². The monoisotopic (exact) mass is 270 g/mol. The minimum Gasteiger partial charge on any atom is -0.391 e. The first-order valence-electron chi connectivity index (χ1n) is 5.23. The molecule has 1 aliphatic heterocycles. The van der Waals surface area contributed by atoms with Crippen LogP contribution in [0.25, 0.3) is 0 Å². The van der Waals surface area contributed by atoms with Gasteiger partial charge in [0, 0.05) is 13.1 Å². The number of aliphatic hydroxyl groups excluding tert-OH is 1. The summed E-state index contributed by atoms with van der Waals surface area (Å²) < 4.78 is 0.889. The number of hydrogen-bond acceptors (Lipinski definition) is 3. The lowest BCUT2D eigenvalue weighted by molar-refractivity contribution is 0.154. The van der Waals surface area contributed by atoms with Crippen LogP contribution in [0.5, 0.6) is 0 Å². The van der Waals surface area contributed by atoms with Crippen LogP contribution in [0.2, 0.25) is 0 Å². The van der Waals surface area contributed by atoms with Crippen LogP contribution in [0.1, 0.15) is 18.4 Å². The highest BCUT2D eigenvalue weighted by atomic mass is 79.9. The zero-order valence-electron chi connectivity index (χ0n) is 8.78. The molecule has 0 aromatic carbocycles.